The number of nitrogens with zero attached hydrogens (tertiary/aromatic N) is 1. The van der Waals surface area contributed by atoms with Crippen LogP contribution >= 0.6 is 24.0 Å². The van der Waals surface area contributed by atoms with Gasteiger partial charge < -0.3 is 20.5 Å². The normalized spacial score (nSPS) is 12.2. The summed E-state index contributed by atoms with van der Waals surface area (Å²) < 4.78 is 19.2. The van der Waals surface area contributed by atoms with E-state index in [1.807, 2.05) is 25.1 Å². The molecule has 0 bridgehead atoms. The summed E-state index contributed by atoms with van der Waals surface area (Å²) in [6.45, 7) is 3.81. The number of nitrogens with one attached hydrogen (secondary N) is 2. The summed E-state index contributed by atoms with van der Waals surface area (Å²) in [5.41, 5.74) is 1.89. The summed E-state index contributed by atoms with van der Waals surface area (Å²) in [6, 6.07) is 14.4. The molecule has 0 aromatic heterocycles. The average Bonchev–Trinajstić information content (AvgIpc) is 2.67. The minimum absolute atomic E-state index is 0. The maximum absolute atomic E-state index is 13.3. The first kappa shape index (κ1) is 23.2. The Balaban J connectivity index is 0.00000364. The van der Waals surface area contributed by atoms with Crippen LogP contribution in [0.1, 0.15) is 30.6 Å². The third-order valence-electron chi connectivity index (χ3n) is 3.95. The van der Waals surface area contributed by atoms with Gasteiger partial charge in [0.2, 0.25) is 0 Å². The molecule has 7 heteroatoms. The van der Waals surface area contributed by atoms with Crippen LogP contribution in [0.2, 0.25) is 0 Å². The Kier molecular flexibility index (Phi) is 10.7. The van der Waals surface area contributed by atoms with Gasteiger partial charge in [0.25, 0.3) is 0 Å². The number of aromatic hydroxyl groups is 1. The molecule has 0 aliphatic heterocycles. The summed E-state index contributed by atoms with van der Waals surface area (Å²) in [6.07, 6.45) is 0.907. The third-order valence-corrected chi connectivity index (χ3v) is 3.95. The zero-order valence-electron chi connectivity index (χ0n) is 15.6. The lowest BCUT2D eigenvalue weighted by Crippen LogP contribution is -2.37. The van der Waals surface area contributed by atoms with Crippen molar-refractivity contribution in [3.05, 3.63) is 65.5 Å². The number of phenolic OH excluding ortho intramolecular Hbond substituents is 1. The second-order valence-electron chi connectivity index (χ2n) is 5.92. The van der Waals surface area contributed by atoms with Crippen LogP contribution in [-0.2, 0) is 11.3 Å². The van der Waals surface area contributed by atoms with E-state index in [2.05, 4.69) is 27.8 Å². The maximum Gasteiger partial charge on any atom is 0.191 e. The number of hydrogen-bond acceptors (Lipinski definition) is 3. The molecule has 0 amide bonds. The first-order valence-electron chi connectivity index (χ1n) is 8.68. The molecular formula is C20H27FIN3O2. The van der Waals surface area contributed by atoms with Gasteiger partial charge in [0.05, 0.1) is 6.10 Å². The number of hydrogen-bond donors (Lipinski definition) is 3. The highest BCUT2D eigenvalue weighted by atomic mass is 127. The van der Waals surface area contributed by atoms with Gasteiger partial charge in [-0.1, -0.05) is 36.4 Å². The van der Waals surface area contributed by atoms with Gasteiger partial charge in [-0.15, -0.1) is 24.0 Å². The highest BCUT2D eigenvalue weighted by Crippen LogP contribution is 2.16. The molecule has 0 heterocycles. The van der Waals surface area contributed by atoms with Gasteiger partial charge in [-0.3, -0.25) is 4.99 Å². The van der Waals surface area contributed by atoms with Crippen molar-refractivity contribution in [2.75, 3.05) is 20.2 Å². The second-order valence-corrected chi connectivity index (χ2v) is 5.92. The van der Waals surface area contributed by atoms with Crippen molar-refractivity contribution in [1.82, 2.24) is 10.6 Å². The van der Waals surface area contributed by atoms with E-state index in [1.165, 1.54) is 17.7 Å². The fraction of sp³-hybridized carbons (Fsp3) is 0.350. The molecule has 148 valence electrons. The number of halogens is 2. The van der Waals surface area contributed by atoms with Crippen LogP contribution in [0.25, 0.3) is 0 Å². The molecule has 0 spiro atoms. The Morgan fingerprint density at radius 1 is 1.19 bits per heavy atom. The number of guanidine groups is 1. The molecule has 1 unspecified atom stereocenters. The zero-order valence-corrected chi connectivity index (χ0v) is 17.9. The van der Waals surface area contributed by atoms with Gasteiger partial charge in [0.15, 0.2) is 17.5 Å². The largest absolute Gasteiger partial charge is 0.505 e. The lowest BCUT2D eigenvalue weighted by molar-refractivity contribution is 0.0646. The van der Waals surface area contributed by atoms with Crippen LogP contribution in [0.15, 0.2) is 53.5 Å². The van der Waals surface area contributed by atoms with E-state index in [0.717, 1.165) is 12.0 Å². The van der Waals surface area contributed by atoms with Crippen molar-refractivity contribution in [1.29, 1.82) is 0 Å². The Labute approximate surface area is 177 Å². The maximum atomic E-state index is 13.3. The van der Waals surface area contributed by atoms with Gasteiger partial charge >= 0.3 is 0 Å². The summed E-state index contributed by atoms with van der Waals surface area (Å²) in [5.74, 6) is -0.340. The van der Waals surface area contributed by atoms with Gasteiger partial charge in [-0.2, -0.15) is 0 Å². The van der Waals surface area contributed by atoms with Gasteiger partial charge in [-0.25, -0.2) is 4.39 Å². The summed E-state index contributed by atoms with van der Waals surface area (Å²) in [4.78, 5) is 4.13. The second kappa shape index (κ2) is 12.5. The van der Waals surface area contributed by atoms with Crippen LogP contribution < -0.4 is 10.6 Å². The minimum atomic E-state index is -0.628. The molecule has 3 N–H and O–H groups in total. The van der Waals surface area contributed by atoms with E-state index in [9.17, 15) is 9.50 Å². The van der Waals surface area contributed by atoms with Crippen LogP contribution in [0.4, 0.5) is 4.39 Å². The average molecular weight is 487 g/mol. The molecule has 0 aliphatic carbocycles. The highest BCUT2D eigenvalue weighted by molar-refractivity contribution is 14.0. The number of rotatable bonds is 8. The van der Waals surface area contributed by atoms with Crippen molar-refractivity contribution >= 4 is 29.9 Å². The Morgan fingerprint density at radius 2 is 1.93 bits per heavy atom. The van der Waals surface area contributed by atoms with Gasteiger partial charge in [-0.05, 0) is 36.6 Å². The van der Waals surface area contributed by atoms with Crippen LogP contribution in [0, 0.1) is 5.82 Å². The monoisotopic (exact) mass is 487 g/mol. The van der Waals surface area contributed by atoms with Gasteiger partial charge in [0, 0.05) is 26.7 Å². The van der Waals surface area contributed by atoms with E-state index >= 15 is 0 Å². The van der Waals surface area contributed by atoms with E-state index in [4.69, 9.17) is 4.74 Å². The van der Waals surface area contributed by atoms with E-state index in [0.29, 0.717) is 25.7 Å². The van der Waals surface area contributed by atoms with E-state index < -0.39 is 5.82 Å². The fourth-order valence-corrected chi connectivity index (χ4v) is 2.43. The van der Waals surface area contributed by atoms with Gasteiger partial charge in [0.1, 0.15) is 0 Å². The molecule has 0 saturated heterocycles. The molecule has 27 heavy (non-hydrogen) atoms. The molecule has 0 fully saturated rings. The third kappa shape index (κ3) is 8.13. The topological polar surface area (TPSA) is 65.9 Å². The lowest BCUT2D eigenvalue weighted by atomic mass is 10.1. The van der Waals surface area contributed by atoms with Crippen molar-refractivity contribution < 1.29 is 14.2 Å². The zero-order chi connectivity index (χ0) is 18.8. The molecule has 0 radical (unpaired) electrons. The SMILES string of the molecule is CN=C(NCCCOC(C)c1ccccc1)NCc1ccc(O)c(F)c1.I. The quantitative estimate of drug-likeness (QED) is 0.228. The van der Waals surface area contributed by atoms with E-state index in [-0.39, 0.29) is 35.8 Å². The lowest BCUT2D eigenvalue weighted by Gasteiger charge is -2.15. The van der Waals surface area contributed by atoms with Crippen LogP contribution in [-0.4, -0.2) is 31.3 Å². The highest BCUT2D eigenvalue weighted by Gasteiger charge is 2.05. The number of phenols is 1. The minimum Gasteiger partial charge on any atom is -0.505 e. The summed E-state index contributed by atoms with van der Waals surface area (Å²) >= 11 is 0. The predicted molar refractivity (Wildman–Crippen MR) is 117 cm³/mol. The molecule has 5 nitrogen and oxygen atoms in total. The first-order valence-corrected chi connectivity index (χ1v) is 8.68. The standard InChI is InChI=1S/C20H26FN3O2.HI/c1-15(17-7-4-3-5-8-17)26-12-6-11-23-20(22-2)24-14-16-9-10-19(25)18(21)13-16;/h3-5,7-10,13,15,25H,6,11-12,14H2,1-2H3,(H2,22,23,24);1H. The molecule has 2 aromatic carbocycles. The van der Waals surface area contributed by atoms with Crippen molar-refractivity contribution in [2.45, 2.75) is 26.0 Å². The molecule has 0 aliphatic rings. The fourth-order valence-electron chi connectivity index (χ4n) is 2.43. The summed E-state index contributed by atoms with van der Waals surface area (Å²) in [5, 5.41) is 15.5. The molecule has 0 saturated carbocycles. The van der Waals surface area contributed by atoms with Crippen molar-refractivity contribution in [3.63, 3.8) is 0 Å². The molecular weight excluding hydrogens is 460 g/mol. The summed E-state index contributed by atoms with van der Waals surface area (Å²) in [7, 11) is 1.68. The first-order chi connectivity index (χ1) is 12.6. The molecule has 2 rings (SSSR count). The Bertz CT molecular complexity index is 714. The Hall–Kier alpha value is -1.87. The van der Waals surface area contributed by atoms with Crippen LogP contribution in [0.5, 0.6) is 5.75 Å². The van der Waals surface area contributed by atoms with Crippen molar-refractivity contribution in [2.24, 2.45) is 4.99 Å². The number of aliphatic imine (C=N–C) groups is 1. The van der Waals surface area contributed by atoms with Crippen molar-refractivity contribution in [3.8, 4) is 5.75 Å². The van der Waals surface area contributed by atoms with Crippen LogP contribution in [0.3, 0.4) is 0 Å². The molecule has 2 aromatic rings. The smallest absolute Gasteiger partial charge is 0.191 e. The predicted octanol–water partition coefficient (Wildman–Crippen LogP) is 3.98. The van der Waals surface area contributed by atoms with E-state index in [1.54, 1.807) is 13.1 Å². The number of benzene rings is 2. The Morgan fingerprint density at radius 3 is 2.59 bits per heavy atom. The number of ether oxygens (including phenoxy) is 1. The molecule has 1 atom stereocenters.